The summed E-state index contributed by atoms with van der Waals surface area (Å²) in [5, 5.41) is 19.4. The molecule has 2 rings (SSSR count). The zero-order valence-corrected chi connectivity index (χ0v) is 13.8. The molecule has 5 heteroatoms. The quantitative estimate of drug-likeness (QED) is 0.659. The van der Waals surface area contributed by atoms with Crippen LogP contribution in [0.5, 0.6) is 11.5 Å². The Labute approximate surface area is 128 Å². The van der Waals surface area contributed by atoms with Crippen LogP contribution in [0, 0.1) is 51.0 Å². The third-order valence-corrected chi connectivity index (χ3v) is 2.50. The molecule has 0 saturated heterocycles. The number of aromatic hydroxyl groups is 2. The van der Waals surface area contributed by atoms with Gasteiger partial charge in [-0.05, 0) is 24.6 Å². The summed E-state index contributed by atoms with van der Waals surface area (Å²) in [6.45, 7) is 1.90. The molecule has 0 bridgehead atoms. The minimum atomic E-state index is -0.603. The van der Waals surface area contributed by atoms with E-state index >= 15 is 0 Å². The van der Waals surface area contributed by atoms with Gasteiger partial charge in [-0.1, -0.05) is 6.07 Å². The fourth-order valence-corrected chi connectivity index (χ4v) is 1.62. The summed E-state index contributed by atoms with van der Waals surface area (Å²) < 4.78 is 1.32. The van der Waals surface area contributed by atoms with E-state index in [-0.39, 0.29) is 49.8 Å². The van der Waals surface area contributed by atoms with Crippen LogP contribution in [0.3, 0.4) is 0 Å². The smallest absolute Gasteiger partial charge is 0.296 e. The van der Waals surface area contributed by atoms with Gasteiger partial charge in [0.15, 0.2) is 5.75 Å². The molecular formula is C11H11AcNO3. The van der Waals surface area contributed by atoms with Gasteiger partial charge in [0.1, 0.15) is 0 Å². The summed E-state index contributed by atoms with van der Waals surface area (Å²) >= 11 is 0. The number of benzene rings is 1. The van der Waals surface area contributed by atoms with Gasteiger partial charge in [-0.3, -0.25) is 4.79 Å². The van der Waals surface area contributed by atoms with Crippen molar-refractivity contribution in [3.8, 4) is 11.5 Å². The molecule has 1 radical (unpaired) electrons. The van der Waals surface area contributed by atoms with Crippen molar-refractivity contribution in [3.05, 3.63) is 34.1 Å². The van der Waals surface area contributed by atoms with E-state index in [0.717, 1.165) is 5.56 Å². The van der Waals surface area contributed by atoms with Crippen LogP contribution < -0.4 is 5.56 Å². The number of hydrogen-bond acceptors (Lipinski definition) is 3. The summed E-state index contributed by atoms with van der Waals surface area (Å²) in [4.78, 5) is 11.5. The molecule has 0 atom stereocenters. The number of hydrogen-bond donors (Lipinski definition) is 2. The first-order valence-electron chi connectivity index (χ1n) is 4.53. The molecule has 2 aromatic rings. The van der Waals surface area contributed by atoms with E-state index in [4.69, 9.17) is 0 Å². The average molecular weight is 432 g/mol. The standard InChI is InChI=1S/C11H11NO3.Ac/c1-6-3-4-7-8(5-6)12(2)11(15)10(14)9(7)13;/h3-5,13-14H,1-2H3;. The van der Waals surface area contributed by atoms with Crippen LogP contribution in [0.15, 0.2) is 23.0 Å². The Kier molecular flexibility index (Phi) is 4.03. The van der Waals surface area contributed by atoms with Gasteiger partial charge in [0.05, 0.1) is 5.52 Å². The molecule has 1 aromatic heterocycles. The summed E-state index contributed by atoms with van der Waals surface area (Å²) in [5.74, 6) is -0.957. The van der Waals surface area contributed by atoms with Gasteiger partial charge in [-0.2, -0.15) is 0 Å². The van der Waals surface area contributed by atoms with Gasteiger partial charge in [0.25, 0.3) is 5.56 Å². The van der Waals surface area contributed by atoms with E-state index in [1.54, 1.807) is 19.2 Å². The predicted octanol–water partition coefficient (Wildman–Crippen LogP) is 1.26. The first-order valence-corrected chi connectivity index (χ1v) is 4.53. The fraction of sp³-hybridized carbons (Fsp3) is 0.182. The molecule has 16 heavy (non-hydrogen) atoms. The summed E-state index contributed by atoms with van der Waals surface area (Å²) in [6.07, 6.45) is 0. The van der Waals surface area contributed by atoms with Crippen molar-refractivity contribution < 1.29 is 54.3 Å². The largest absolute Gasteiger partial charge is 0.504 e. The minimum Gasteiger partial charge on any atom is -0.504 e. The Bertz CT molecular complexity index is 604. The molecule has 0 aliphatic carbocycles. The molecule has 1 heterocycles. The van der Waals surface area contributed by atoms with E-state index in [0.29, 0.717) is 10.9 Å². The van der Waals surface area contributed by atoms with Crippen LogP contribution in [-0.4, -0.2) is 14.8 Å². The normalized spacial score (nSPS) is 10.1. The van der Waals surface area contributed by atoms with Crippen molar-refractivity contribution in [2.24, 2.45) is 7.05 Å². The number of aromatic nitrogens is 1. The topological polar surface area (TPSA) is 62.5 Å². The molecule has 1 aromatic carbocycles. The van der Waals surface area contributed by atoms with Gasteiger partial charge >= 0.3 is 0 Å². The maximum absolute atomic E-state index is 11.5. The van der Waals surface area contributed by atoms with E-state index in [9.17, 15) is 15.0 Å². The Hall–Kier alpha value is -0.528. The monoisotopic (exact) mass is 432 g/mol. The van der Waals surface area contributed by atoms with E-state index < -0.39 is 11.3 Å². The van der Waals surface area contributed by atoms with Crippen molar-refractivity contribution in [3.63, 3.8) is 0 Å². The van der Waals surface area contributed by atoms with Crippen molar-refractivity contribution in [1.82, 2.24) is 4.57 Å². The average Bonchev–Trinajstić information content (AvgIpc) is 2.23. The first-order chi connectivity index (χ1) is 7.02. The molecule has 0 amide bonds. The maximum Gasteiger partial charge on any atom is 0.296 e. The molecule has 0 aliphatic rings. The van der Waals surface area contributed by atoms with Crippen molar-refractivity contribution >= 4 is 10.9 Å². The van der Waals surface area contributed by atoms with E-state index in [2.05, 4.69) is 0 Å². The number of pyridine rings is 1. The zero-order valence-electron chi connectivity index (χ0n) is 9.06. The number of rotatable bonds is 0. The van der Waals surface area contributed by atoms with Crippen LogP contribution >= 0.6 is 0 Å². The number of nitrogens with zero attached hydrogens (tertiary/aromatic N) is 1. The van der Waals surface area contributed by atoms with Crippen LogP contribution in [-0.2, 0) is 7.05 Å². The van der Waals surface area contributed by atoms with E-state index in [1.807, 2.05) is 13.0 Å². The zero-order chi connectivity index (χ0) is 11.2. The first kappa shape index (κ1) is 13.5. The second kappa shape index (κ2) is 4.77. The van der Waals surface area contributed by atoms with Crippen molar-refractivity contribution in [2.75, 3.05) is 0 Å². The molecule has 0 aliphatic heterocycles. The van der Waals surface area contributed by atoms with Gasteiger partial charge in [0.2, 0.25) is 5.75 Å². The van der Waals surface area contributed by atoms with Gasteiger partial charge in [-0.15, -0.1) is 0 Å². The van der Waals surface area contributed by atoms with Gasteiger partial charge in [0, 0.05) is 56.5 Å². The Morgan fingerprint density at radius 2 is 1.81 bits per heavy atom. The number of aryl methyl sites for hydroxylation is 2. The van der Waals surface area contributed by atoms with E-state index in [1.165, 1.54) is 4.57 Å². The van der Waals surface area contributed by atoms with Crippen LogP contribution in [0.4, 0.5) is 0 Å². The third-order valence-electron chi connectivity index (χ3n) is 2.50. The van der Waals surface area contributed by atoms with Crippen molar-refractivity contribution in [2.45, 2.75) is 6.92 Å². The SMILES string of the molecule is Cc1ccc2c(O)c(O)c(=O)n(C)c2c1.[Ac]. The van der Waals surface area contributed by atoms with Gasteiger partial charge < -0.3 is 14.8 Å². The van der Waals surface area contributed by atoms with Gasteiger partial charge in [-0.25, -0.2) is 0 Å². The second-order valence-electron chi connectivity index (χ2n) is 3.58. The van der Waals surface area contributed by atoms with Crippen LogP contribution in [0.25, 0.3) is 10.9 Å². The molecule has 0 fully saturated rings. The molecular weight excluding hydrogens is 421 g/mol. The Balaban J connectivity index is 0.00000128. The maximum atomic E-state index is 11.5. The van der Waals surface area contributed by atoms with Crippen LogP contribution in [0.1, 0.15) is 5.56 Å². The summed E-state index contributed by atoms with van der Waals surface area (Å²) in [7, 11) is 1.56. The second-order valence-corrected chi connectivity index (χ2v) is 3.58. The third kappa shape index (κ3) is 1.99. The summed E-state index contributed by atoms with van der Waals surface area (Å²) in [5.41, 5.74) is 1.00. The molecule has 4 nitrogen and oxygen atoms in total. The van der Waals surface area contributed by atoms with Crippen LogP contribution in [0.2, 0.25) is 0 Å². The molecule has 81 valence electrons. The molecule has 0 unspecified atom stereocenters. The molecule has 0 spiro atoms. The predicted molar refractivity (Wildman–Crippen MR) is 57.3 cm³/mol. The fourth-order valence-electron chi connectivity index (χ4n) is 1.62. The molecule has 2 N–H and O–H groups in total. The summed E-state index contributed by atoms with van der Waals surface area (Å²) in [6, 6.07) is 5.28. The Morgan fingerprint density at radius 3 is 2.44 bits per heavy atom. The number of fused-ring (bicyclic) bond motifs is 1. The minimum absolute atomic E-state index is 0. The van der Waals surface area contributed by atoms with Crippen molar-refractivity contribution in [1.29, 1.82) is 0 Å². The Morgan fingerprint density at radius 1 is 1.19 bits per heavy atom. The molecule has 0 saturated carbocycles.